The first-order chi connectivity index (χ1) is 14.7. The standard InChI is InChI=1S/C23H21N3O3S2/c1-15-12-16(2)21-19(13-15)30-23(25-21)26(14-17-8-6-7-11-24-17)22(27)18-9-4-5-10-20(18)31(3,28)29/h4-13H,14H2,1-3H3. The van der Waals surface area contributed by atoms with E-state index in [4.69, 9.17) is 4.98 Å². The van der Waals surface area contributed by atoms with Crippen molar-refractivity contribution in [2.45, 2.75) is 25.3 Å². The van der Waals surface area contributed by atoms with Gasteiger partial charge in [0.1, 0.15) is 0 Å². The van der Waals surface area contributed by atoms with Crippen LogP contribution in [0.15, 0.2) is 65.7 Å². The molecule has 8 heteroatoms. The maximum absolute atomic E-state index is 13.6. The summed E-state index contributed by atoms with van der Waals surface area (Å²) >= 11 is 1.41. The SMILES string of the molecule is Cc1cc(C)c2nc(N(Cc3ccccn3)C(=O)c3ccccc3S(C)(=O)=O)sc2c1. The van der Waals surface area contributed by atoms with Crippen LogP contribution in [-0.2, 0) is 16.4 Å². The lowest BCUT2D eigenvalue weighted by atomic mass is 10.1. The number of anilines is 1. The molecule has 2 aromatic carbocycles. The lowest BCUT2D eigenvalue weighted by molar-refractivity contribution is 0.0981. The Morgan fingerprint density at radius 1 is 1.06 bits per heavy atom. The van der Waals surface area contributed by atoms with Crippen molar-refractivity contribution in [2.24, 2.45) is 0 Å². The minimum atomic E-state index is -3.58. The largest absolute Gasteiger partial charge is 0.278 e. The quantitative estimate of drug-likeness (QED) is 0.444. The third kappa shape index (κ3) is 4.35. The molecule has 6 nitrogen and oxygen atoms in total. The molecule has 0 unspecified atom stereocenters. The molecule has 31 heavy (non-hydrogen) atoms. The number of carbonyl (C=O) groups is 1. The molecule has 0 fully saturated rings. The van der Waals surface area contributed by atoms with Gasteiger partial charge in [0.15, 0.2) is 15.0 Å². The molecule has 1 amide bonds. The summed E-state index contributed by atoms with van der Waals surface area (Å²) in [5, 5.41) is 0.502. The summed E-state index contributed by atoms with van der Waals surface area (Å²) in [6, 6.07) is 15.8. The predicted molar refractivity (Wildman–Crippen MR) is 123 cm³/mol. The molecule has 0 spiro atoms. The van der Waals surface area contributed by atoms with Crippen molar-refractivity contribution in [1.82, 2.24) is 9.97 Å². The van der Waals surface area contributed by atoms with Crippen molar-refractivity contribution in [3.63, 3.8) is 0 Å². The number of rotatable bonds is 5. The first-order valence-corrected chi connectivity index (χ1v) is 12.3. The van der Waals surface area contributed by atoms with Crippen molar-refractivity contribution in [2.75, 3.05) is 11.2 Å². The monoisotopic (exact) mass is 451 g/mol. The molecule has 0 saturated carbocycles. The topological polar surface area (TPSA) is 80.2 Å². The van der Waals surface area contributed by atoms with E-state index in [0.29, 0.717) is 10.8 Å². The van der Waals surface area contributed by atoms with Crippen molar-refractivity contribution in [1.29, 1.82) is 0 Å². The first kappa shape index (κ1) is 21.1. The lowest BCUT2D eigenvalue weighted by Crippen LogP contribution is -2.31. The Morgan fingerprint density at radius 3 is 2.52 bits per heavy atom. The number of hydrogen-bond donors (Lipinski definition) is 0. The normalized spacial score (nSPS) is 11.6. The number of hydrogen-bond acceptors (Lipinski definition) is 6. The van der Waals surface area contributed by atoms with Crippen LogP contribution >= 0.6 is 11.3 Å². The molecule has 0 aliphatic rings. The summed E-state index contributed by atoms with van der Waals surface area (Å²) in [4.78, 5) is 24.2. The third-order valence-corrected chi connectivity index (χ3v) is 7.04. The fraction of sp³-hybridized carbons (Fsp3) is 0.174. The summed E-state index contributed by atoms with van der Waals surface area (Å²) in [5.41, 5.74) is 3.78. The Kier molecular flexibility index (Phi) is 5.60. The number of pyridine rings is 1. The number of fused-ring (bicyclic) bond motifs is 1. The number of aryl methyl sites for hydroxylation is 2. The van der Waals surface area contributed by atoms with E-state index in [-0.39, 0.29) is 17.0 Å². The van der Waals surface area contributed by atoms with E-state index in [1.807, 2.05) is 32.0 Å². The third-order valence-electron chi connectivity index (χ3n) is 4.86. The van der Waals surface area contributed by atoms with Gasteiger partial charge >= 0.3 is 0 Å². The Balaban J connectivity index is 1.87. The zero-order chi connectivity index (χ0) is 22.2. The summed E-state index contributed by atoms with van der Waals surface area (Å²) in [6.07, 6.45) is 2.76. The van der Waals surface area contributed by atoms with Crippen LogP contribution in [0, 0.1) is 13.8 Å². The van der Waals surface area contributed by atoms with Crippen molar-refractivity contribution >= 4 is 42.4 Å². The first-order valence-electron chi connectivity index (χ1n) is 9.62. The Morgan fingerprint density at radius 2 is 1.81 bits per heavy atom. The van der Waals surface area contributed by atoms with E-state index in [9.17, 15) is 13.2 Å². The highest BCUT2D eigenvalue weighted by Gasteiger charge is 2.27. The summed E-state index contributed by atoms with van der Waals surface area (Å²) < 4.78 is 25.6. The van der Waals surface area contributed by atoms with Crippen molar-refractivity contribution in [3.8, 4) is 0 Å². The van der Waals surface area contributed by atoms with Crippen LogP contribution < -0.4 is 4.90 Å². The van der Waals surface area contributed by atoms with Gasteiger partial charge in [0.05, 0.1) is 32.9 Å². The molecule has 4 rings (SSSR count). The van der Waals surface area contributed by atoms with Gasteiger partial charge in [-0.2, -0.15) is 0 Å². The van der Waals surface area contributed by atoms with Crippen LogP contribution in [0.5, 0.6) is 0 Å². The highest BCUT2D eigenvalue weighted by atomic mass is 32.2. The summed E-state index contributed by atoms with van der Waals surface area (Å²) in [6.45, 7) is 4.18. The number of sulfone groups is 1. The highest BCUT2D eigenvalue weighted by Crippen LogP contribution is 2.33. The molecule has 0 radical (unpaired) electrons. The second kappa shape index (κ2) is 8.20. The number of amides is 1. The Labute approximate surface area is 185 Å². The molecule has 0 atom stereocenters. The number of carbonyl (C=O) groups excluding carboxylic acids is 1. The van der Waals surface area contributed by atoms with E-state index in [1.54, 1.807) is 24.4 Å². The highest BCUT2D eigenvalue weighted by molar-refractivity contribution is 7.90. The molecule has 4 aromatic rings. The number of benzene rings is 2. The maximum Gasteiger partial charge on any atom is 0.261 e. The van der Waals surface area contributed by atoms with E-state index in [1.165, 1.54) is 28.4 Å². The molecule has 0 aliphatic heterocycles. The van der Waals surface area contributed by atoms with Crippen LogP contribution in [0.2, 0.25) is 0 Å². The van der Waals surface area contributed by atoms with Gasteiger partial charge in [-0.25, -0.2) is 13.4 Å². The average molecular weight is 452 g/mol. The smallest absolute Gasteiger partial charge is 0.261 e. The van der Waals surface area contributed by atoms with Gasteiger partial charge in [0, 0.05) is 12.5 Å². The van der Waals surface area contributed by atoms with Gasteiger partial charge in [-0.1, -0.05) is 35.6 Å². The van der Waals surface area contributed by atoms with Gasteiger partial charge in [-0.3, -0.25) is 14.7 Å². The number of nitrogens with zero attached hydrogens (tertiary/aromatic N) is 3. The van der Waals surface area contributed by atoms with E-state index in [0.717, 1.165) is 27.6 Å². The molecule has 0 bridgehead atoms. The van der Waals surface area contributed by atoms with Gasteiger partial charge in [-0.15, -0.1) is 0 Å². The van der Waals surface area contributed by atoms with Gasteiger partial charge in [-0.05, 0) is 55.3 Å². The van der Waals surface area contributed by atoms with E-state index < -0.39 is 15.7 Å². The fourth-order valence-corrected chi connectivity index (χ4v) is 5.49. The second-order valence-electron chi connectivity index (χ2n) is 7.41. The van der Waals surface area contributed by atoms with Crippen LogP contribution in [0.4, 0.5) is 5.13 Å². The Bertz CT molecular complexity index is 1380. The minimum Gasteiger partial charge on any atom is -0.278 e. The van der Waals surface area contributed by atoms with Gasteiger partial charge < -0.3 is 0 Å². The summed E-state index contributed by atoms with van der Waals surface area (Å²) in [5.74, 6) is -0.430. The molecular weight excluding hydrogens is 430 g/mol. The lowest BCUT2D eigenvalue weighted by Gasteiger charge is -2.20. The molecular formula is C23H21N3O3S2. The number of thiazole rings is 1. The average Bonchev–Trinajstić information content (AvgIpc) is 3.16. The predicted octanol–water partition coefficient (Wildman–Crippen LogP) is 4.56. The van der Waals surface area contributed by atoms with Crippen LogP contribution in [0.1, 0.15) is 27.2 Å². The molecule has 0 saturated heterocycles. The van der Waals surface area contributed by atoms with Crippen molar-refractivity contribution < 1.29 is 13.2 Å². The molecule has 0 aliphatic carbocycles. The Hall–Kier alpha value is -3.10. The van der Waals surface area contributed by atoms with Gasteiger partial charge in [0.25, 0.3) is 5.91 Å². The maximum atomic E-state index is 13.6. The number of aromatic nitrogens is 2. The molecule has 2 heterocycles. The zero-order valence-electron chi connectivity index (χ0n) is 17.4. The second-order valence-corrected chi connectivity index (χ2v) is 10.4. The van der Waals surface area contributed by atoms with Crippen LogP contribution in [-0.4, -0.2) is 30.5 Å². The molecule has 0 N–H and O–H groups in total. The minimum absolute atomic E-state index is 0.000781. The van der Waals surface area contributed by atoms with E-state index >= 15 is 0 Å². The summed E-state index contributed by atoms with van der Waals surface area (Å²) in [7, 11) is -3.58. The van der Waals surface area contributed by atoms with Crippen LogP contribution in [0.25, 0.3) is 10.2 Å². The fourth-order valence-electron chi connectivity index (χ4n) is 3.47. The van der Waals surface area contributed by atoms with Gasteiger partial charge in [0.2, 0.25) is 0 Å². The van der Waals surface area contributed by atoms with Crippen molar-refractivity contribution in [3.05, 3.63) is 83.2 Å². The zero-order valence-corrected chi connectivity index (χ0v) is 19.0. The molecule has 158 valence electrons. The van der Waals surface area contributed by atoms with Crippen LogP contribution in [0.3, 0.4) is 0 Å². The van der Waals surface area contributed by atoms with E-state index in [2.05, 4.69) is 11.1 Å². The molecule has 2 aromatic heterocycles.